The van der Waals surface area contributed by atoms with Crippen LogP contribution in [0.4, 0.5) is 5.82 Å². The summed E-state index contributed by atoms with van der Waals surface area (Å²) in [5.74, 6) is 2.52. The molecule has 0 aliphatic carbocycles. The first-order valence-electron chi connectivity index (χ1n) is 7.86. The van der Waals surface area contributed by atoms with E-state index >= 15 is 0 Å². The van der Waals surface area contributed by atoms with Crippen molar-refractivity contribution in [3.05, 3.63) is 23.9 Å². The molecule has 0 saturated carbocycles. The van der Waals surface area contributed by atoms with Crippen LogP contribution in [-0.2, 0) is 0 Å². The number of nitrogens with two attached hydrogens (primary N) is 1. The van der Waals surface area contributed by atoms with Crippen LogP contribution in [0.2, 0.25) is 0 Å². The van der Waals surface area contributed by atoms with Gasteiger partial charge in [0.2, 0.25) is 0 Å². The lowest BCUT2D eigenvalue weighted by molar-refractivity contribution is 0.533. The Morgan fingerprint density at radius 3 is 1.90 bits per heavy atom. The van der Waals surface area contributed by atoms with Gasteiger partial charge in [0.25, 0.3) is 0 Å². The van der Waals surface area contributed by atoms with Crippen LogP contribution >= 0.6 is 0 Å². The molecule has 1 aromatic rings. The van der Waals surface area contributed by atoms with Gasteiger partial charge < -0.3 is 10.6 Å². The molecule has 0 aromatic carbocycles. The van der Waals surface area contributed by atoms with E-state index in [-0.39, 0.29) is 6.04 Å². The SMILES string of the molecule is CC(C)CCN(CCC(C)C)c1ccc(C(C)N)cn1. The fourth-order valence-corrected chi connectivity index (χ4v) is 2.02. The zero-order chi connectivity index (χ0) is 15.1. The summed E-state index contributed by atoms with van der Waals surface area (Å²) in [6, 6.07) is 4.26. The van der Waals surface area contributed by atoms with E-state index in [0.29, 0.717) is 0 Å². The van der Waals surface area contributed by atoms with Crippen molar-refractivity contribution in [2.75, 3.05) is 18.0 Å². The molecule has 0 amide bonds. The van der Waals surface area contributed by atoms with Crippen molar-refractivity contribution < 1.29 is 0 Å². The molecule has 3 heteroatoms. The number of hydrogen-bond donors (Lipinski definition) is 1. The molecule has 0 aliphatic heterocycles. The molecule has 0 fully saturated rings. The molecule has 0 saturated heterocycles. The molecule has 0 spiro atoms. The highest BCUT2D eigenvalue weighted by Gasteiger charge is 2.10. The maximum Gasteiger partial charge on any atom is 0.128 e. The molecule has 20 heavy (non-hydrogen) atoms. The lowest BCUT2D eigenvalue weighted by Gasteiger charge is -2.25. The Labute approximate surface area is 124 Å². The zero-order valence-electron chi connectivity index (χ0n) is 13.8. The zero-order valence-corrected chi connectivity index (χ0v) is 13.8. The minimum atomic E-state index is 0.0522. The van der Waals surface area contributed by atoms with Crippen molar-refractivity contribution in [1.82, 2.24) is 4.98 Å². The van der Waals surface area contributed by atoms with Crippen LogP contribution in [0.5, 0.6) is 0 Å². The molecule has 0 bridgehead atoms. The van der Waals surface area contributed by atoms with Gasteiger partial charge in [0, 0.05) is 25.3 Å². The predicted octanol–water partition coefficient (Wildman–Crippen LogP) is 4.00. The molecule has 1 atom stereocenters. The molecule has 1 rings (SSSR count). The van der Waals surface area contributed by atoms with Gasteiger partial charge in [-0.05, 0) is 43.2 Å². The standard InChI is InChI=1S/C17H31N3/c1-13(2)8-10-20(11-9-14(3)4)17-7-6-16(12-19-17)15(5)18/h6-7,12-15H,8-11,18H2,1-5H3. The van der Waals surface area contributed by atoms with E-state index in [1.54, 1.807) is 0 Å². The van der Waals surface area contributed by atoms with Crippen molar-refractivity contribution >= 4 is 5.82 Å². The van der Waals surface area contributed by atoms with Crippen LogP contribution in [0.25, 0.3) is 0 Å². The smallest absolute Gasteiger partial charge is 0.128 e. The highest BCUT2D eigenvalue weighted by Crippen LogP contribution is 2.17. The molecule has 2 N–H and O–H groups in total. The van der Waals surface area contributed by atoms with Gasteiger partial charge in [-0.1, -0.05) is 33.8 Å². The normalized spacial score (nSPS) is 13.0. The van der Waals surface area contributed by atoms with Gasteiger partial charge in [-0.3, -0.25) is 0 Å². The number of pyridine rings is 1. The number of anilines is 1. The third-order valence-electron chi connectivity index (χ3n) is 3.57. The highest BCUT2D eigenvalue weighted by molar-refractivity contribution is 5.39. The predicted molar refractivity (Wildman–Crippen MR) is 88.0 cm³/mol. The summed E-state index contributed by atoms with van der Waals surface area (Å²) in [4.78, 5) is 7.01. The summed E-state index contributed by atoms with van der Waals surface area (Å²) in [5.41, 5.74) is 6.98. The number of nitrogens with zero attached hydrogens (tertiary/aromatic N) is 2. The second kappa shape index (κ2) is 8.25. The quantitative estimate of drug-likeness (QED) is 0.781. The Bertz CT molecular complexity index is 356. The summed E-state index contributed by atoms with van der Waals surface area (Å²) in [6.45, 7) is 13.2. The van der Waals surface area contributed by atoms with Gasteiger partial charge >= 0.3 is 0 Å². The van der Waals surface area contributed by atoms with Crippen molar-refractivity contribution in [1.29, 1.82) is 0 Å². The largest absolute Gasteiger partial charge is 0.357 e. The average molecular weight is 277 g/mol. The molecule has 0 aliphatic rings. The third-order valence-corrected chi connectivity index (χ3v) is 3.57. The Balaban J connectivity index is 2.74. The van der Waals surface area contributed by atoms with E-state index in [0.717, 1.165) is 36.3 Å². The molecule has 1 aromatic heterocycles. The van der Waals surface area contributed by atoms with Gasteiger partial charge in [-0.2, -0.15) is 0 Å². The highest BCUT2D eigenvalue weighted by atomic mass is 15.2. The Morgan fingerprint density at radius 1 is 1.00 bits per heavy atom. The van der Waals surface area contributed by atoms with Crippen LogP contribution in [0, 0.1) is 11.8 Å². The molecule has 0 radical (unpaired) electrons. The Hall–Kier alpha value is -1.09. The molecule has 3 nitrogen and oxygen atoms in total. The van der Waals surface area contributed by atoms with Crippen molar-refractivity contribution in [2.24, 2.45) is 17.6 Å². The average Bonchev–Trinajstić information content (AvgIpc) is 2.38. The van der Waals surface area contributed by atoms with E-state index in [1.165, 1.54) is 12.8 Å². The van der Waals surface area contributed by atoms with E-state index in [9.17, 15) is 0 Å². The van der Waals surface area contributed by atoms with Crippen LogP contribution in [0.15, 0.2) is 18.3 Å². The summed E-state index contributed by atoms with van der Waals surface area (Å²) in [5, 5.41) is 0. The Kier molecular flexibility index (Phi) is 7.00. The van der Waals surface area contributed by atoms with E-state index < -0.39 is 0 Å². The fraction of sp³-hybridized carbons (Fsp3) is 0.706. The first kappa shape index (κ1) is 17.0. The molecular formula is C17H31N3. The number of hydrogen-bond acceptors (Lipinski definition) is 3. The number of rotatable bonds is 8. The summed E-state index contributed by atoms with van der Waals surface area (Å²) in [6.07, 6.45) is 4.32. The molecule has 114 valence electrons. The van der Waals surface area contributed by atoms with E-state index in [1.807, 2.05) is 13.1 Å². The molecular weight excluding hydrogens is 246 g/mol. The van der Waals surface area contributed by atoms with Crippen molar-refractivity contribution in [3.63, 3.8) is 0 Å². The Morgan fingerprint density at radius 2 is 1.55 bits per heavy atom. The lowest BCUT2D eigenvalue weighted by Crippen LogP contribution is -2.28. The second-order valence-corrected chi connectivity index (χ2v) is 6.59. The maximum atomic E-state index is 5.88. The van der Waals surface area contributed by atoms with Gasteiger partial charge in [-0.25, -0.2) is 4.98 Å². The molecule has 1 unspecified atom stereocenters. The van der Waals surface area contributed by atoms with Gasteiger partial charge in [0.05, 0.1) is 0 Å². The van der Waals surface area contributed by atoms with Gasteiger partial charge in [0.15, 0.2) is 0 Å². The second-order valence-electron chi connectivity index (χ2n) is 6.59. The minimum Gasteiger partial charge on any atom is -0.357 e. The lowest BCUT2D eigenvalue weighted by atomic mass is 10.1. The van der Waals surface area contributed by atoms with Gasteiger partial charge in [-0.15, -0.1) is 0 Å². The van der Waals surface area contributed by atoms with E-state index in [2.05, 4.69) is 49.7 Å². The minimum absolute atomic E-state index is 0.0522. The monoisotopic (exact) mass is 277 g/mol. The van der Waals surface area contributed by atoms with Gasteiger partial charge in [0.1, 0.15) is 5.82 Å². The van der Waals surface area contributed by atoms with Crippen LogP contribution < -0.4 is 10.6 Å². The fourth-order valence-electron chi connectivity index (χ4n) is 2.02. The van der Waals surface area contributed by atoms with Crippen LogP contribution in [0.1, 0.15) is 59.1 Å². The first-order valence-corrected chi connectivity index (χ1v) is 7.86. The summed E-state index contributed by atoms with van der Waals surface area (Å²) in [7, 11) is 0. The van der Waals surface area contributed by atoms with Crippen molar-refractivity contribution in [3.8, 4) is 0 Å². The topological polar surface area (TPSA) is 42.1 Å². The number of aromatic nitrogens is 1. The third kappa shape index (κ3) is 5.91. The maximum absolute atomic E-state index is 5.88. The summed E-state index contributed by atoms with van der Waals surface area (Å²) >= 11 is 0. The van der Waals surface area contributed by atoms with E-state index in [4.69, 9.17) is 5.73 Å². The van der Waals surface area contributed by atoms with Crippen molar-refractivity contribution in [2.45, 2.75) is 53.5 Å². The molecule has 1 heterocycles. The summed E-state index contributed by atoms with van der Waals surface area (Å²) < 4.78 is 0. The first-order chi connectivity index (χ1) is 9.40. The van der Waals surface area contributed by atoms with Crippen LogP contribution in [-0.4, -0.2) is 18.1 Å². The van der Waals surface area contributed by atoms with Crippen LogP contribution in [0.3, 0.4) is 0 Å².